The van der Waals surface area contributed by atoms with Crippen molar-refractivity contribution in [3.63, 3.8) is 0 Å². The van der Waals surface area contributed by atoms with E-state index in [2.05, 4.69) is 5.32 Å². The maximum Gasteiger partial charge on any atom is 0.222 e. The summed E-state index contributed by atoms with van der Waals surface area (Å²) >= 11 is 0. The van der Waals surface area contributed by atoms with Crippen LogP contribution >= 0.6 is 0 Å². The van der Waals surface area contributed by atoms with E-state index in [-0.39, 0.29) is 18.6 Å². The first-order valence-electron chi connectivity index (χ1n) is 6.65. The molecule has 19 heavy (non-hydrogen) atoms. The third kappa shape index (κ3) is 3.81. The normalized spacial score (nSPS) is 22.2. The summed E-state index contributed by atoms with van der Waals surface area (Å²) < 4.78 is 10.8. The molecular weight excluding hydrogens is 246 g/mol. The van der Waals surface area contributed by atoms with Gasteiger partial charge in [-0.3, -0.25) is 4.79 Å². The summed E-state index contributed by atoms with van der Waals surface area (Å²) in [7, 11) is 0. The summed E-state index contributed by atoms with van der Waals surface area (Å²) in [6, 6.07) is 3.51. The smallest absolute Gasteiger partial charge is 0.222 e. The van der Waals surface area contributed by atoms with Crippen molar-refractivity contribution in [2.45, 2.75) is 44.8 Å². The van der Waals surface area contributed by atoms with Crippen LogP contribution in [0.1, 0.15) is 37.7 Å². The van der Waals surface area contributed by atoms with Crippen molar-refractivity contribution < 1.29 is 19.1 Å². The molecule has 2 rings (SSSR count). The number of aliphatic hydroxyl groups is 1. The van der Waals surface area contributed by atoms with E-state index < -0.39 is 5.60 Å². The maximum absolute atomic E-state index is 11.7. The molecule has 0 radical (unpaired) electrons. The number of rotatable bonds is 5. The molecule has 5 nitrogen and oxygen atoms in total. The first kappa shape index (κ1) is 14.1. The van der Waals surface area contributed by atoms with Crippen molar-refractivity contribution in [2.24, 2.45) is 0 Å². The van der Waals surface area contributed by atoms with Crippen LogP contribution in [0.4, 0.5) is 0 Å². The Bertz CT molecular complexity index is 432. The van der Waals surface area contributed by atoms with Crippen molar-refractivity contribution >= 4 is 5.91 Å². The van der Waals surface area contributed by atoms with Gasteiger partial charge in [0.2, 0.25) is 5.91 Å². The molecule has 106 valence electrons. The van der Waals surface area contributed by atoms with Gasteiger partial charge in [-0.1, -0.05) is 0 Å². The summed E-state index contributed by atoms with van der Waals surface area (Å²) in [5.74, 6) is 1.10. The van der Waals surface area contributed by atoms with Crippen LogP contribution in [0.25, 0.3) is 0 Å². The largest absolute Gasteiger partial charge is 0.463 e. The van der Waals surface area contributed by atoms with Gasteiger partial charge in [-0.15, -0.1) is 0 Å². The molecule has 1 aromatic rings. The Morgan fingerprint density at radius 1 is 1.58 bits per heavy atom. The number of hydrogen-bond acceptors (Lipinski definition) is 4. The molecular formula is C14H21NO4. The number of carbonyl (C=O) groups excluding carboxylic acids is 1. The highest BCUT2D eigenvalue weighted by atomic mass is 16.5. The molecule has 1 amide bonds. The molecule has 1 aliphatic rings. The Morgan fingerprint density at radius 2 is 2.37 bits per heavy atom. The zero-order valence-corrected chi connectivity index (χ0v) is 11.4. The molecule has 1 fully saturated rings. The second-order valence-electron chi connectivity index (χ2n) is 5.30. The van der Waals surface area contributed by atoms with E-state index in [0.29, 0.717) is 12.2 Å². The first-order chi connectivity index (χ1) is 8.97. The van der Waals surface area contributed by atoms with E-state index >= 15 is 0 Å². The Kier molecular flexibility index (Phi) is 4.27. The second-order valence-corrected chi connectivity index (χ2v) is 5.30. The van der Waals surface area contributed by atoms with E-state index in [1.807, 2.05) is 6.92 Å². The van der Waals surface area contributed by atoms with Gasteiger partial charge in [-0.25, -0.2) is 0 Å². The highest BCUT2D eigenvalue weighted by Gasteiger charge is 2.28. The Balaban J connectivity index is 1.81. The maximum atomic E-state index is 11.7. The van der Waals surface area contributed by atoms with E-state index in [9.17, 15) is 9.90 Å². The summed E-state index contributed by atoms with van der Waals surface area (Å²) in [6.45, 7) is 4.31. The highest BCUT2D eigenvalue weighted by molar-refractivity contribution is 5.76. The third-order valence-corrected chi connectivity index (χ3v) is 3.34. The van der Waals surface area contributed by atoms with Gasteiger partial charge in [0.15, 0.2) is 0 Å². The molecule has 1 aliphatic heterocycles. The molecule has 0 aliphatic carbocycles. The number of ether oxygens (including phenoxy) is 1. The molecule has 0 bridgehead atoms. The van der Waals surface area contributed by atoms with Gasteiger partial charge >= 0.3 is 0 Å². The standard InChI is InChI=1S/C14H21NO4/c1-10-5-6-12(19-10)14(2,17)9-15-13(16)8-11-4-3-7-18-11/h5-6,11,17H,3-4,7-9H2,1-2H3,(H,15,16). The third-order valence-electron chi connectivity index (χ3n) is 3.34. The Hall–Kier alpha value is -1.33. The average Bonchev–Trinajstić information content (AvgIpc) is 2.98. The molecule has 2 unspecified atom stereocenters. The number of aryl methyl sites for hydroxylation is 1. The van der Waals surface area contributed by atoms with Crippen LogP contribution in [-0.4, -0.2) is 30.3 Å². The zero-order chi connectivity index (χ0) is 13.9. The lowest BCUT2D eigenvalue weighted by Gasteiger charge is -2.21. The molecule has 2 N–H and O–H groups in total. The van der Waals surface area contributed by atoms with Crippen LogP contribution in [0.5, 0.6) is 0 Å². The van der Waals surface area contributed by atoms with Crippen LogP contribution in [0.3, 0.4) is 0 Å². The highest BCUT2D eigenvalue weighted by Crippen LogP contribution is 2.22. The monoisotopic (exact) mass is 267 g/mol. The summed E-state index contributed by atoms with van der Waals surface area (Å²) in [5, 5.41) is 13.0. The summed E-state index contributed by atoms with van der Waals surface area (Å²) in [6.07, 6.45) is 2.33. The number of nitrogens with one attached hydrogen (secondary N) is 1. The van der Waals surface area contributed by atoms with E-state index in [4.69, 9.17) is 9.15 Å². The van der Waals surface area contributed by atoms with E-state index in [1.54, 1.807) is 19.1 Å². The van der Waals surface area contributed by atoms with Crippen molar-refractivity contribution in [1.82, 2.24) is 5.32 Å². The molecule has 2 atom stereocenters. The fraction of sp³-hybridized carbons (Fsp3) is 0.643. The van der Waals surface area contributed by atoms with Crippen LogP contribution in [0, 0.1) is 6.92 Å². The molecule has 1 saturated heterocycles. The minimum Gasteiger partial charge on any atom is -0.463 e. The molecule has 0 spiro atoms. The number of furan rings is 1. The number of amides is 1. The van der Waals surface area contributed by atoms with Crippen molar-refractivity contribution in [3.05, 3.63) is 23.7 Å². The van der Waals surface area contributed by atoms with Crippen molar-refractivity contribution in [3.8, 4) is 0 Å². The zero-order valence-electron chi connectivity index (χ0n) is 11.4. The average molecular weight is 267 g/mol. The molecule has 2 heterocycles. The van der Waals surface area contributed by atoms with Gasteiger partial charge in [0.05, 0.1) is 19.1 Å². The predicted octanol–water partition coefficient (Wildman–Crippen LogP) is 1.48. The topological polar surface area (TPSA) is 71.7 Å². The minimum atomic E-state index is -1.19. The van der Waals surface area contributed by atoms with Crippen molar-refractivity contribution in [2.75, 3.05) is 13.2 Å². The predicted molar refractivity (Wildman–Crippen MR) is 69.6 cm³/mol. The first-order valence-corrected chi connectivity index (χ1v) is 6.65. The lowest BCUT2D eigenvalue weighted by Crippen LogP contribution is -2.39. The van der Waals surface area contributed by atoms with Gasteiger partial charge in [0.25, 0.3) is 0 Å². The number of hydrogen-bond donors (Lipinski definition) is 2. The van der Waals surface area contributed by atoms with Gasteiger partial charge < -0.3 is 19.6 Å². The summed E-state index contributed by atoms with van der Waals surface area (Å²) in [4.78, 5) is 11.7. The van der Waals surface area contributed by atoms with Crippen LogP contribution in [0.15, 0.2) is 16.5 Å². The molecule has 0 saturated carbocycles. The van der Waals surface area contributed by atoms with Crippen molar-refractivity contribution in [1.29, 1.82) is 0 Å². The van der Waals surface area contributed by atoms with Gasteiger partial charge in [0, 0.05) is 6.61 Å². The Morgan fingerprint density at radius 3 is 2.95 bits per heavy atom. The van der Waals surface area contributed by atoms with Crippen LogP contribution in [-0.2, 0) is 15.1 Å². The van der Waals surface area contributed by atoms with Gasteiger partial charge in [-0.05, 0) is 38.8 Å². The summed E-state index contributed by atoms with van der Waals surface area (Å²) in [5.41, 5.74) is -1.19. The quantitative estimate of drug-likeness (QED) is 0.847. The van der Waals surface area contributed by atoms with Crippen LogP contribution in [0.2, 0.25) is 0 Å². The fourth-order valence-corrected chi connectivity index (χ4v) is 2.17. The SMILES string of the molecule is Cc1ccc(C(C)(O)CNC(=O)CC2CCCO2)o1. The lowest BCUT2D eigenvalue weighted by atomic mass is 10.0. The lowest BCUT2D eigenvalue weighted by molar-refractivity contribution is -0.124. The van der Waals surface area contributed by atoms with Gasteiger partial charge in [-0.2, -0.15) is 0 Å². The van der Waals surface area contributed by atoms with E-state index in [0.717, 1.165) is 25.2 Å². The van der Waals surface area contributed by atoms with Crippen LogP contribution < -0.4 is 5.32 Å². The fourth-order valence-electron chi connectivity index (χ4n) is 2.17. The second kappa shape index (κ2) is 5.75. The Labute approximate surface area is 112 Å². The minimum absolute atomic E-state index is 0.0239. The number of carbonyl (C=O) groups is 1. The molecule has 0 aromatic carbocycles. The van der Waals surface area contributed by atoms with Gasteiger partial charge in [0.1, 0.15) is 17.1 Å². The molecule has 1 aromatic heterocycles. The van der Waals surface area contributed by atoms with E-state index in [1.165, 1.54) is 0 Å². The molecule has 5 heteroatoms.